The summed E-state index contributed by atoms with van der Waals surface area (Å²) in [6.07, 6.45) is 0. The second-order valence-corrected chi connectivity index (χ2v) is 6.74. The van der Waals surface area contributed by atoms with E-state index in [0.29, 0.717) is 17.2 Å². The third-order valence-electron chi connectivity index (χ3n) is 2.61. The molecule has 0 saturated carbocycles. The maximum Gasteiger partial charge on any atom is 0.248 e. The van der Waals surface area contributed by atoms with Crippen molar-refractivity contribution in [3.05, 3.63) is 59.7 Å². The Labute approximate surface area is 149 Å². The summed E-state index contributed by atoms with van der Waals surface area (Å²) in [4.78, 5) is 11.2. The van der Waals surface area contributed by atoms with Gasteiger partial charge in [-0.1, -0.05) is 29.8 Å². The molecule has 2 aromatic carbocycles. The lowest BCUT2D eigenvalue weighted by atomic mass is 10.2. The summed E-state index contributed by atoms with van der Waals surface area (Å²) in [7, 11) is 0. The number of halogens is 3. The predicted octanol–water partition coefficient (Wildman–Crippen LogP) is 4.23. The fourth-order valence-electron chi connectivity index (χ4n) is 1.61. The highest BCUT2D eigenvalue weighted by Gasteiger charge is 2.12. The first-order valence-corrected chi connectivity index (χ1v) is 8.17. The SMILES string of the molecule is NC(=O)c1cc(I)c(OCc2ccccc2Cl)c(I)c1. The van der Waals surface area contributed by atoms with E-state index in [1.807, 2.05) is 24.3 Å². The Bertz CT molecular complexity index is 638. The zero-order valence-corrected chi connectivity index (χ0v) is 15.3. The smallest absolute Gasteiger partial charge is 0.248 e. The zero-order chi connectivity index (χ0) is 14.7. The molecule has 0 bridgehead atoms. The van der Waals surface area contributed by atoms with E-state index in [1.54, 1.807) is 12.1 Å². The van der Waals surface area contributed by atoms with Crippen LogP contribution in [0.25, 0.3) is 0 Å². The molecule has 0 aliphatic carbocycles. The average molecular weight is 514 g/mol. The lowest BCUT2D eigenvalue weighted by Crippen LogP contribution is -2.12. The highest BCUT2D eigenvalue weighted by molar-refractivity contribution is 14.1. The van der Waals surface area contributed by atoms with Gasteiger partial charge in [0.1, 0.15) is 12.4 Å². The zero-order valence-electron chi connectivity index (χ0n) is 10.2. The number of hydrogen-bond donors (Lipinski definition) is 1. The molecule has 0 aliphatic heterocycles. The van der Waals surface area contributed by atoms with Gasteiger partial charge in [0.2, 0.25) is 5.91 Å². The molecule has 3 nitrogen and oxygen atoms in total. The van der Waals surface area contributed by atoms with Gasteiger partial charge in [-0.2, -0.15) is 0 Å². The topological polar surface area (TPSA) is 52.3 Å². The van der Waals surface area contributed by atoms with Gasteiger partial charge < -0.3 is 10.5 Å². The number of rotatable bonds is 4. The van der Waals surface area contributed by atoms with Crippen LogP contribution in [0.15, 0.2) is 36.4 Å². The highest BCUT2D eigenvalue weighted by Crippen LogP contribution is 2.30. The molecule has 20 heavy (non-hydrogen) atoms. The van der Waals surface area contributed by atoms with E-state index < -0.39 is 5.91 Å². The summed E-state index contributed by atoms with van der Waals surface area (Å²) in [5.74, 6) is 0.287. The van der Waals surface area contributed by atoms with Crippen LogP contribution in [-0.4, -0.2) is 5.91 Å². The van der Waals surface area contributed by atoms with Gasteiger partial charge in [0.25, 0.3) is 0 Å². The maximum absolute atomic E-state index is 11.2. The van der Waals surface area contributed by atoms with Gasteiger partial charge in [0.15, 0.2) is 0 Å². The number of ether oxygens (including phenoxy) is 1. The van der Waals surface area contributed by atoms with Crippen LogP contribution in [0.5, 0.6) is 5.75 Å². The molecule has 0 radical (unpaired) electrons. The van der Waals surface area contributed by atoms with Gasteiger partial charge in [-0.05, 0) is 63.4 Å². The van der Waals surface area contributed by atoms with E-state index in [9.17, 15) is 4.79 Å². The Morgan fingerprint density at radius 2 is 1.80 bits per heavy atom. The molecule has 1 amide bonds. The molecule has 2 rings (SSSR count). The minimum atomic E-state index is -0.446. The quantitative estimate of drug-likeness (QED) is 0.623. The standard InChI is InChI=1S/C14H10ClI2NO2/c15-10-4-2-1-3-8(10)7-20-13-11(16)5-9(14(18)19)6-12(13)17/h1-6H,7H2,(H2,18,19). The fourth-order valence-corrected chi connectivity index (χ4v) is 3.88. The second kappa shape index (κ2) is 6.95. The van der Waals surface area contributed by atoms with E-state index in [1.165, 1.54) is 0 Å². The van der Waals surface area contributed by atoms with Crippen molar-refractivity contribution in [2.24, 2.45) is 5.73 Å². The van der Waals surface area contributed by atoms with Crippen molar-refractivity contribution in [2.75, 3.05) is 0 Å². The van der Waals surface area contributed by atoms with E-state index in [0.717, 1.165) is 18.5 Å². The molecular weight excluding hydrogens is 503 g/mol. The minimum absolute atomic E-state index is 0.377. The predicted molar refractivity (Wildman–Crippen MR) is 96.2 cm³/mol. The summed E-state index contributed by atoms with van der Waals surface area (Å²) in [6, 6.07) is 11.0. The summed E-state index contributed by atoms with van der Waals surface area (Å²) < 4.78 is 7.50. The minimum Gasteiger partial charge on any atom is -0.487 e. The number of carbonyl (C=O) groups is 1. The molecule has 2 N–H and O–H groups in total. The number of benzene rings is 2. The molecule has 2 aromatic rings. The summed E-state index contributed by atoms with van der Waals surface area (Å²) in [5.41, 5.74) is 6.67. The maximum atomic E-state index is 11.2. The second-order valence-electron chi connectivity index (χ2n) is 4.01. The number of nitrogens with two attached hydrogens (primary N) is 1. The van der Waals surface area contributed by atoms with Crippen LogP contribution < -0.4 is 10.5 Å². The van der Waals surface area contributed by atoms with Crippen LogP contribution >= 0.6 is 56.8 Å². The van der Waals surface area contributed by atoms with Crippen LogP contribution in [0, 0.1) is 7.14 Å². The normalized spacial score (nSPS) is 10.3. The monoisotopic (exact) mass is 513 g/mol. The molecule has 0 fully saturated rings. The largest absolute Gasteiger partial charge is 0.487 e. The van der Waals surface area contributed by atoms with Crippen molar-refractivity contribution < 1.29 is 9.53 Å². The van der Waals surface area contributed by atoms with Crippen molar-refractivity contribution in [3.63, 3.8) is 0 Å². The first-order chi connectivity index (χ1) is 9.49. The molecule has 6 heteroatoms. The van der Waals surface area contributed by atoms with Crippen molar-refractivity contribution in [1.82, 2.24) is 0 Å². The summed E-state index contributed by atoms with van der Waals surface area (Å²) >= 11 is 10.3. The van der Waals surface area contributed by atoms with Crippen LogP contribution in [0.2, 0.25) is 5.02 Å². The lowest BCUT2D eigenvalue weighted by Gasteiger charge is -2.12. The molecule has 104 valence electrons. The van der Waals surface area contributed by atoms with Gasteiger partial charge in [-0.3, -0.25) is 4.79 Å². The molecule has 0 aliphatic rings. The van der Waals surface area contributed by atoms with Crippen LogP contribution in [0.3, 0.4) is 0 Å². The van der Waals surface area contributed by atoms with Crippen LogP contribution in [0.4, 0.5) is 0 Å². The van der Waals surface area contributed by atoms with Crippen molar-refractivity contribution in [1.29, 1.82) is 0 Å². The molecule has 0 saturated heterocycles. The number of amides is 1. The van der Waals surface area contributed by atoms with E-state index in [-0.39, 0.29) is 0 Å². The molecule has 0 unspecified atom stereocenters. The Morgan fingerprint density at radius 3 is 2.35 bits per heavy atom. The van der Waals surface area contributed by atoms with Gasteiger partial charge in [0, 0.05) is 16.1 Å². The highest BCUT2D eigenvalue weighted by atomic mass is 127. The third kappa shape index (κ3) is 3.76. The Balaban J connectivity index is 2.22. The number of primary amides is 1. The summed E-state index contributed by atoms with van der Waals surface area (Å²) in [6.45, 7) is 0.377. The summed E-state index contributed by atoms with van der Waals surface area (Å²) in [5, 5.41) is 0.672. The van der Waals surface area contributed by atoms with Crippen molar-refractivity contribution in [3.8, 4) is 5.75 Å². The van der Waals surface area contributed by atoms with E-state index >= 15 is 0 Å². The number of carbonyl (C=O) groups excluding carboxylic acids is 1. The van der Waals surface area contributed by atoms with E-state index in [4.69, 9.17) is 22.1 Å². The molecule has 0 aromatic heterocycles. The van der Waals surface area contributed by atoms with Crippen LogP contribution in [0.1, 0.15) is 15.9 Å². The van der Waals surface area contributed by atoms with Gasteiger partial charge in [-0.15, -0.1) is 0 Å². The Hall–Kier alpha value is -0.540. The van der Waals surface area contributed by atoms with Gasteiger partial charge in [0.05, 0.1) is 7.14 Å². The first-order valence-electron chi connectivity index (χ1n) is 5.64. The molecule has 0 spiro atoms. The first kappa shape index (κ1) is 15.8. The fraction of sp³-hybridized carbons (Fsp3) is 0.0714. The third-order valence-corrected chi connectivity index (χ3v) is 4.58. The molecular formula is C14H10ClI2NO2. The lowest BCUT2D eigenvalue weighted by molar-refractivity contribution is 0.1000. The van der Waals surface area contributed by atoms with Gasteiger partial charge in [-0.25, -0.2) is 0 Å². The van der Waals surface area contributed by atoms with Crippen molar-refractivity contribution in [2.45, 2.75) is 6.61 Å². The molecule has 0 heterocycles. The molecule has 0 atom stereocenters. The average Bonchev–Trinajstić information content (AvgIpc) is 2.39. The van der Waals surface area contributed by atoms with Crippen molar-refractivity contribution >= 4 is 62.7 Å². The number of hydrogen-bond acceptors (Lipinski definition) is 2. The Morgan fingerprint density at radius 1 is 1.20 bits per heavy atom. The van der Waals surface area contributed by atoms with Crippen LogP contribution in [-0.2, 0) is 6.61 Å². The van der Waals surface area contributed by atoms with E-state index in [2.05, 4.69) is 45.2 Å². The Kier molecular flexibility index (Phi) is 5.50. The van der Waals surface area contributed by atoms with Gasteiger partial charge >= 0.3 is 0 Å².